The van der Waals surface area contributed by atoms with Gasteiger partial charge in [-0.3, -0.25) is 19.2 Å². The fourth-order valence-electron chi connectivity index (χ4n) is 8.93. The molecule has 0 spiro atoms. The zero-order valence-corrected chi connectivity index (χ0v) is 47.8. The molecule has 75 heavy (non-hydrogen) atoms. The molecule has 0 radical (unpaired) electrons. The highest BCUT2D eigenvalue weighted by molar-refractivity contribution is 9.10. The van der Waals surface area contributed by atoms with Crippen LogP contribution in [0.4, 0.5) is 0 Å². The minimum Gasteiger partial charge on any atom is -0.451 e. The molecule has 0 unspecified atom stereocenters. The summed E-state index contributed by atoms with van der Waals surface area (Å²) < 4.78 is 26.5. The third-order valence-corrected chi connectivity index (χ3v) is 13.9. The van der Waals surface area contributed by atoms with E-state index in [4.69, 9.17) is 18.9 Å². The van der Waals surface area contributed by atoms with Crippen LogP contribution in [-0.4, -0.2) is 153 Å². The molecule has 1 aromatic heterocycles. The first kappa shape index (κ1) is 61.4. The lowest BCUT2D eigenvalue weighted by Gasteiger charge is -2.35. The molecular formula is C56H79BrN6O12. The molecule has 2 heterocycles. The number of carbonyl (C=O) groups is 8. The summed E-state index contributed by atoms with van der Waals surface area (Å²) in [5, 5.41) is 0. The number of cyclic esters (lactones) is 4. The molecule has 8 atom stereocenters. The average molecular weight is 1110 g/mol. The molecule has 0 aliphatic carbocycles. The number of esters is 4. The van der Waals surface area contributed by atoms with Crippen LogP contribution in [0.15, 0.2) is 71.7 Å². The van der Waals surface area contributed by atoms with Gasteiger partial charge >= 0.3 is 23.9 Å². The summed E-state index contributed by atoms with van der Waals surface area (Å²) in [5.41, 5.74) is 2.18. The van der Waals surface area contributed by atoms with Crippen molar-refractivity contribution in [1.29, 1.82) is 0 Å². The molecule has 412 valence electrons. The highest BCUT2D eigenvalue weighted by Gasteiger charge is 2.43. The van der Waals surface area contributed by atoms with Crippen molar-refractivity contribution in [2.75, 3.05) is 28.2 Å². The number of ether oxygens (including phenoxy) is 4. The number of rotatable bonds is 14. The Morgan fingerprint density at radius 1 is 0.467 bits per heavy atom. The van der Waals surface area contributed by atoms with E-state index in [-0.39, 0.29) is 62.2 Å². The molecule has 4 rings (SSSR count). The monoisotopic (exact) mass is 1110 g/mol. The third-order valence-electron chi connectivity index (χ3n) is 13.2. The Hall–Kier alpha value is -6.11. The Labute approximate surface area is 451 Å². The Morgan fingerprint density at radius 3 is 1.12 bits per heavy atom. The van der Waals surface area contributed by atoms with Crippen molar-refractivity contribution < 1.29 is 57.3 Å². The molecule has 1 aliphatic heterocycles. The predicted molar refractivity (Wildman–Crippen MR) is 284 cm³/mol. The highest BCUT2D eigenvalue weighted by Crippen LogP contribution is 2.25. The predicted octanol–water partition coefficient (Wildman–Crippen LogP) is 6.67. The fraction of sp³-hybridized carbons (Fsp3) is 0.589. The van der Waals surface area contributed by atoms with Crippen LogP contribution >= 0.6 is 15.9 Å². The maximum atomic E-state index is 14.9. The van der Waals surface area contributed by atoms with Crippen molar-refractivity contribution in [3.8, 4) is 0 Å². The topological polar surface area (TPSA) is 204 Å². The summed E-state index contributed by atoms with van der Waals surface area (Å²) in [5.74, 6) is -7.30. The maximum absolute atomic E-state index is 14.9. The van der Waals surface area contributed by atoms with Gasteiger partial charge in [0.1, 0.15) is 24.2 Å². The van der Waals surface area contributed by atoms with Gasteiger partial charge in [0, 0.05) is 60.0 Å². The van der Waals surface area contributed by atoms with E-state index in [1.165, 1.54) is 42.0 Å². The Bertz CT molecular complexity index is 2410. The van der Waals surface area contributed by atoms with E-state index in [0.717, 1.165) is 25.2 Å². The Kier molecular flexibility index (Phi) is 23.1. The fourth-order valence-corrected chi connectivity index (χ4v) is 9.29. The molecule has 1 aliphatic rings. The number of carbonyl (C=O) groups excluding carboxylic acids is 8. The van der Waals surface area contributed by atoms with Crippen molar-refractivity contribution in [1.82, 2.24) is 29.2 Å². The van der Waals surface area contributed by atoms with Crippen LogP contribution in [0.25, 0.3) is 0 Å². The lowest BCUT2D eigenvalue weighted by Crippen LogP contribution is -2.55. The number of halogens is 1. The number of aromatic nitrogens is 2. The molecule has 1 saturated heterocycles. The van der Waals surface area contributed by atoms with Crippen LogP contribution in [0.2, 0.25) is 0 Å². The number of benzene rings is 2. The minimum atomic E-state index is -1.53. The van der Waals surface area contributed by atoms with Gasteiger partial charge in [-0.2, -0.15) is 0 Å². The van der Waals surface area contributed by atoms with Gasteiger partial charge in [0.05, 0.1) is 0 Å². The van der Waals surface area contributed by atoms with E-state index < -0.39 is 96.1 Å². The highest BCUT2D eigenvalue weighted by atomic mass is 79.9. The van der Waals surface area contributed by atoms with Gasteiger partial charge in [-0.05, 0) is 95.8 Å². The molecule has 4 amide bonds. The van der Waals surface area contributed by atoms with Crippen molar-refractivity contribution >= 4 is 63.4 Å². The van der Waals surface area contributed by atoms with Crippen molar-refractivity contribution in [2.45, 2.75) is 163 Å². The van der Waals surface area contributed by atoms with Gasteiger partial charge in [-0.25, -0.2) is 24.2 Å². The first-order valence-corrected chi connectivity index (χ1v) is 26.7. The molecule has 1 fully saturated rings. The third kappa shape index (κ3) is 17.5. The largest absolute Gasteiger partial charge is 0.451 e. The van der Waals surface area contributed by atoms with E-state index in [9.17, 15) is 38.4 Å². The van der Waals surface area contributed by atoms with E-state index in [1.807, 2.05) is 78.3 Å². The van der Waals surface area contributed by atoms with Gasteiger partial charge < -0.3 is 43.1 Å². The second-order valence-electron chi connectivity index (χ2n) is 21.4. The zero-order valence-electron chi connectivity index (χ0n) is 46.2. The Balaban J connectivity index is 1.86. The number of likely N-dealkylation sites (N-methyl/N-ethyl adjacent to an activating group) is 4. The molecular weight excluding hydrogens is 1030 g/mol. The van der Waals surface area contributed by atoms with Crippen molar-refractivity contribution in [2.24, 2.45) is 23.7 Å². The molecule has 3 aromatic rings. The summed E-state index contributed by atoms with van der Waals surface area (Å²) in [6.45, 7) is 18.0. The van der Waals surface area contributed by atoms with Crippen molar-refractivity contribution in [3.05, 3.63) is 88.4 Å². The number of hydrogen-bond acceptors (Lipinski definition) is 13. The molecule has 0 saturated carbocycles. The summed E-state index contributed by atoms with van der Waals surface area (Å²) in [7, 11) is 5.56. The molecule has 0 N–H and O–H groups in total. The van der Waals surface area contributed by atoms with Gasteiger partial charge in [-0.15, -0.1) is 0 Å². The normalized spacial score (nSPS) is 24.0. The summed E-state index contributed by atoms with van der Waals surface area (Å²) in [6.07, 6.45) is -2.29. The van der Waals surface area contributed by atoms with Crippen LogP contribution in [0.1, 0.15) is 112 Å². The lowest BCUT2D eigenvalue weighted by atomic mass is 9.99. The average Bonchev–Trinajstić information content (AvgIpc) is 3.76. The Morgan fingerprint density at radius 2 is 0.787 bits per heavy atom. The summed E-state index contributed by atoms with van der Waals surface area (Å²) in [4.78, 5) is 125. The maximum Gasteiger partial charge on any atom is 0.329 e. The van der Waals surface area contributed by atoms with E-state index >= 15 is 0 Å². The summed E-state index contributed by atoms with van der Waals surface area (Å²) >= 11 is 3.44. The smallest absolute Gasteiger partial charge is 0.329 e. The van der Waals surface area contributed by atoms with Crippen molar-refractivity contribution in [3.63, 3.8) is 0 Å². The van der Waals surface area contributed by atoms with Crippen LogP contribution in [0, 0.1) is 23.7 Å². The molecule has 18 nitrogen and oxygen atoms in total. The number of imidazole rings is 1. The lowest BCUT2D eigenvalue weighted by molar-refractivity contribution is -0.176. The van der Waals surface area contributed by atoms with Gasteiger partial charge in [0.15, 0.2) is 29.1 Å². The number of nitrogens with zero attached hydrogens (tertiary/aromatic N) is 6. The van der Waals surface area contributed by atoms with Gasteiger partial charge in [0.25, 0.3) is 23.6 Å². The van der Waals surface area contributed by atoms with Crippen LogP contribution < -0.4 is 0 Å². The first-order chi connectivity index (χ1) is 35.2. The first-order valence-electron chi connectivity index (χ1n) is 25.9. The number of hydrogen-bond donors (Lipinski definition) is 0. The standard InChI is InChI=1S/C56H79BrN6O12/c1-33(2)26-42-52(68)72-38(10)49(65)60(12)45(29-36(7)8)55(71)75-47(31-40-20-22-41(23-21-40)32-63-25-24-58-56(63)57)51(67)62(14)43(27-34(3)4)53(69)73-37(9)48(64)59(11)44(28-35(5)6)54(70)74-46(50(66)61(42)13)30-39-18-16-15-17-19-39/h15-25,33-38,42-47H,26-32H2,1-14H3/t37-,38-,42+,43+,44+,45+,46-,47-/m1/s1. The summed E-state index contributed by atoms with van der Waals surface area (Å²) in [6, 6.07) is 11.1. The second-order valence-corrected chi connectivity index (χ2v) is 22.1. The zero-order chi connectivity index (χ0) is 56.0. The van der Waals surface area contributed by atoms with Gasteiger partial charge in [0.2, 0.25) is 0 Å². The van der Waals surface area contributed by atoms with Gasteiger partial charge in [-0.1, -0.05) is 110 Å². The minimum absolute atomic E-state index is 0.0891. The second kappa shape index (κ2) is 28.1. The SMILES string of the molecule is CC(C)C[C@H]1C(=O)O[C@H](Cc2ccc(Cn3ccnc3Br)cc2)C(=O)N(C)[C@@H](CC(C)C)C(=O)O[C@H](C)C(=O)N(C)[C@@H](CC(C)C)C(=O)O[C@H](Cc2ccccc2)C(=O)N(C)[C@@H](CC(C)C)C(=O)O[C@H](C)C(=O)N1C. The van der Waals surface area contributed by atoms with E-state index in [0.29, 0.717) is 22.4 Å². The molecule has 2 aromatic carbocycles. The van der Waals surface area contributed by atoms with E-state index in [1.54, 1.807) is 48.7 Å². The van der Waals surface area contributed by atoms with Crippen LogP contribution in [0.3, 0.4) is 0 Å². The van der Waals surface area contributed by atoms with Crippen LogP contribution in [-0.2, 0) is 76.7 Å². The number of amides is 4. The molecule has 19 heteroatoms. The quantitative estimate of drug-likeness (QED) is 0.122. The molecule has 0 bridgehead atoms. The van der Waals surface area contributed by atoms with E-state index in [2.05, 4.69) is 20.9 Å². The van der Waals surface area contributed by atoms with Crippen LogP contribution in [0.5, 0.6) is 0 Å².